The van der Waals surface area contributed by atoms with E-state index in [-0.39, 0.29) is 48.7 Å². The van der Waals surface area contributed by atoms with Crippen molar-refractivity contribution in [3.05, 3.63) is 71.8 Å². The maximum Gasteiger partial charge on any atom is 0.454 e. The lowest BCUT2D eigenvalue weighted by atomic mass is 10.0. The maximum atomic E-state index is 13.9. The van der Waals surface area contributed by atoms with E-state index in [4.69, 9.17) is 0 Å². The largest absolute Gasteiger partial charge is 1.00 e. The van der Waals surface area contributed by atoms with Gasteiger partial charge in [-0.25, -0.2) is 22.4 Å². The van der Waals surface area contributed by atoms with E-state index in [1.165, 1.54) is 19.2 Å². The SMILES string of the molecule is COC(=O)[C@@H]([NH3+])CC(F)(F)CC1CC1.C[C@@H](N[C@@H](CC(F)(F)CC1CC1)C(=O)O)c1ccccc1.O=C(c1ccccc1)C(F)(F)F.[Cl-]. The van der Waals surface area contributed by atoms with Crippen LogP contribution in [0.25, 0.3) is 0 Å². The smallest absolute Gasteiger partial charge is 0.454 e. The molecule has 0 saturated heterocycles. The molecule has 270 valence electrons. The number of alkyl halides is 7. The summed E-state index contributed by atoms with van der Waals surface area (Å²) in [5.41, 5.74) is 3.92. The Morgan fingerprint density at radius 3 is 1.67 bits per heavy atom. The van der Waals surface area contributed by atoms with Gasteiger partial charge in [0.15, 0.2) is 6.04 Å². The highest BCUT2D eigenvalue weighted by atomic mass is 35.5. The van der Waals surface area contributed by atoms with Crippen molar-refractivity contribution in [2.24, 2.45) is 11.8 Å². The van der Waals surface area contributed by atoms with Gasteiger partial charge in [0.05, 0.1) is 13.5 Å². The third-order valence-corrected chi connectivity index (χ3v) is 7.49. The fraction of sp³-hybridized carbons (Fsp3) is 0.545. The van der Waals surface area contributed by atoms with Gasteiger partial charge in [-0.3, -0.25) is 14.9 Å². The van der Waals surface area contributed by atoms with E-state index < -0.39 is 60.7 Å². The Kier molecular flexibility index (Phi) is 17.0. The van der Waals surface area contributed by atoms with E-state index in [0.29, 0.717) is 0 Å². The van der Waals surface area contributed by atoms with Crippen LogP contribution in [0, 0.1) is 11.8 Å². The molecule has 0 unspecified atom stereocenters. The molecule has 2 fully saturated rings. The molecule has 0 bridgehead atoms. The Hall–Kier alpha value is -3.23. The average Bonchev–Trinajstić information content (AvgIpc) is 3.95. The first-order chi connectivity index (χ1) is 21.8. The number of methoxy groups -OCH3 is 1. The zero-order valence-electron chi connectivity index (χ0n) is 26.6. The molecule has 2 aromatic rings. The third kappa shape index (κ3) is 16.7. The maximum absolute atomic E-state index is 13.9. The van der Waals surface area contributed by atoms with Crippen LogP contribution >= 0.6 is 0 Å². The van der Waals surface area contributed by atoms with Gasteiger partial charge in [0, 0.05) is 30.9 Å². The first kappa shape index (κ1) is 42.8. The lowest BCUT2D eigenvalue weighted by molar-refractivity contribution is -0.416. The molecule has 0 amide bonds. The van der Waals surface area contributed by atoms with Gasteiger partial charge in [-0.2, -0.15) is 13.2 Å². The van der Waals surface area contributed by atoms with Crippen LogP contribution in [0.1, 0.15) is 80.3 Å². The number of carboxylic acids is 1. The number of nitrogens with one attached hydrogen (secondary N) is 1. The van der Waals surface area contributed by atoms with Gasteiger partial charge >= 0.3 is 18.1 Å². The van der Waals surface area contributed by atoms with E-state index >= 15 is 0 Å². The summed E-state index contributed by atoms with van der Waals surface area (Å²) < 4.78 is 93.9. The van der Waals surface area contributed by atoms with Crippen molar-refractivity contribution < 1.29 is 73.1 Å². The van der Waals surface area contributed by atoms with E-state index in [1.807, 2.05) is 30.3 Å². The van der Waals surface area contributed by atoms with E-state index in [1.54, 1.807) is 13.0 Å². The second-order valence-electron chi connectivity index (χ2n) is 12.0. The van der Waals surface area contributed by atoms with Crippen LogP contribution in [-0.2, 0) is 14.3 Å². The molecule has 0 aliphatic heterocycles. The van der Waals surface area contributed by atoms with Crippen molar-refractivity contribution in [1.82, 2.24) is 5.32 Å². The predicted octanol–water partition coefficient (Wildman–Crippen LogP) is 3.65. The molecule has 4 rings (SSSR count). The minimum atomic E-state index is -4.78. The Morgan fingerprint density at radius 1 is 0.833 bits per heavy atom. The molecule has 48 heavy (non-hydrogen) atoms. The lowest BCUT2D eigenvalue weighted by Crippen LogP contribution is -3.00. The fourth-order valence-electron chi connectivity index (χ4n) is 4.67. The monoisotopic (exact) mass is 714 g/mol. The molecule has 3 atom stereocenters. The van der Waals surface area contributed by atoms with Crippen molar-refractivity contribution in [2.75, 3.05) is 7.11 Å². The molecule has 5 N–H and O–H groups in total. The lowest BCUT2D eigenvalue weighted by Gasteiger charge is -2.24. The van der Waals surface area contributed by atoms with Gasteiger partial charge in [0.1, 0.15) is 6.04 Å². The number of ketones is 1. The van der Waals surface area contributed by atoms with Crippen LogP contribution in [0.4, 0.5) is 30.7 Å². The highest BCUT2D eigenvalue weighted by molar-refractivity contribution is 6.00. The quantitative estimate of drug-likeness (QED) is 0.156. The van der Waals surface area contributed by atoms with Gasteiger partial charge in [0.2, 0.25) is 0 Å². The second-order valence-corrected chi connectivity index (χ2v) is 12.0. The Labute approximate surface area is 281 Å². The molecule has 2 aromatic carbocycles. The number of esters is 1. The number of carbonyl (C=O) groups excluding carboxylic acids is 2. The summed E-state index contributed by atoms with van der Waals surface area (Å²) in [7, 11) is 1.18. The first-order valence-corrected chi connectivity index (χ1v) is 15.2. The number of hydrogen-bond acceptors (Lipinski definition) is 5. The first-order valence-electron chi connectivity index (χ1n) is 15.2. The number of carbonyl (C=O) groups is 3. The number of benzene rings is 2. The highest BCUT2D eigenvalue weighted by Crippen LogP contribution is 2.41. The predicted molar refractivity (Wildman–Crippen MR) is 159 cm³/mol. The summed E-state index contributed by atoms with van der Waals surface area (Å²) in [6.07, 6.45) is -2.81. The van der Waals surface area contributed by atoms with E-state index in [2.05, 4.69) is 15.8 Å². The van der Waals surface area contributed by atoms with Gasteiger partial charge in [-0.15, -0.1) is 0 Å². The third-order valence-electron chi connectivity index (χ3n) is 7.49. The van der Waals surface area contributed by atoms with Crippen LogP contribution in [0.2, 0.25) is 0 Å². The van der Waals surface area contributed by atoms with Crippen LogP contribution < -0.4 is 23.5 Å². The minimum Gasteiger partial charge on any atom is -1.00 e. The van der Waals surface area contributed by atoms with E-state index in [9.17, 15) is 50.2 Å². The highest BCUT2D eigenvalue weighted by Gasteiger charge is 2.42. The number of quaternary nitrogens is 1. The molecular formula is C33H42ClF7N2O5. The molecule has 2 saturated carbocycles. The van der Waals surface area contributed by atoms with Gasteiger partial charge in [0.25, 0.3) is 17.6 Å². The number of halogens is 8. The fourth-order valence-corrected chi connectivity index (χ4v) is 4.67. The number of rotatable bonds is 14. The van der Waals surface area contributed by atoms with Crippen LogP contribution in [0.5, 0.6) is 0 Å². The standard InChI is InChI=1S/C16H21F2NO2.C9H15F2NO2.C8H5F3O.ClH/c1-11(13-5-3-2-4-6-13)19-14(15(20)21)10-16(17,18)9-12-7-8-12;1-14-8(13)7(12)5-9(10,11)4-6-2-3-6;9-8(10,11)7(12)6-4-2-1-3-5-6;/h2-6,11-12,14,19H,7-10H2,1H3,(H,20,21);6-7H,2-5,12H2,1H3;1-5H;1H/t11-,14+;7-;;/m10../s1. The molecular weight excluding hydrogens is 673 g/mol. The van der Waals surface area contributed by atoms with Gasteiger partial charge < -0.3 is 28.0 Å². The summed E-state index contributed by atoms with van der Waals surface area (Å²) >= 11 is 0. The molecule has 2 aliphatic carbocycles. The summed E-state index contributed by atoms with van der Waals surface area (Å²) in [5, 5.41) is 12.0. The second kappa shape index (κ2) is 19.1. The molecule has 0 radical (unpaired) electrons. The van der Waals surface area contributed by atoms with Crippen molar-refractivity contribution in [2.45, 2.75) is 94.4 Å². The Morgan fingerprint density at radius 2 is 1.27 bits per heavy atom. The Bertz CT molecular complexity index is 1280. The summed E-state index contributed by atoms with van der Waals surface area (Å²) in [4.78, 5) is 32.7. The number of carboxylic acid groups (broad SMARTS) is 1. The number of aliphatic carboxylic acids is 1. The van der Waals surface area contributed by atoms with Crippen LogP contribution in [0.15, 0.2) is 60.7 Å². The van der Waals surface area contributed by atoms with E-state index in [0.717, 1.165) is 43.4 Å². The molecule has 0 heterocycles. The molecule has 0 aromatic heterocycles. The van der Waals surface area contributed by atoms with Crippen molar-refractivity contribution >= 4 is 17.7 Å². The minimum absolute atomic E-state index is 0. The molecule has 15 heteroatoms. The number of Topliss-reactive ketones (excluding diaryl/α,β-unsaturated/α-hetero) is 1. The normalized spacial score (nSPS) is 16.4. The zero-order valence-corrected chi connectivity index (χ0v) is 27.4. The summed E-state index contributed by atoms with van der Waals surface area (Å²) in [6, 6.07) is 13.3. The Balaban J connectivity index is 0.000000374. The molecule has 7 nitrogen and oxygen atoms in total. The van der Waals surface area contributed by atoms with Crippen LogP contribution in [0.3, 0.4) is 0 Å². The van der Waals surface area contributed by atoms with Crippen molar-refractivity contribution in [3.8, 4) is 0 Å². The molecule has 2 aliphatic rings. The summed E-state index contributed by atoms with van der Waals surface area (Å²) in [6.45, 7) is 1.78. The topological polar surface area (TPSA) is 120 Å². The van der Waals surface area contributed by atoms with Gasteiger partial charge in [-0.05, 0) is 50.0 Å². The summed E-state index contributed by atoms with van der Waals surface area (Å²) in [5.74, 6) is -9.18. The number of hydrogen-bond donors (Lipinski definition) is 3. The van der Waals surface area contributed by atoms with Crippen LogP contribution in [-0.4, -0.2) is 60.0 Å². The van der Waals surface area contributed by atoms with Crippen molar-refractivity contribution in [1.29, 1.82) is 0 Å². The van der Waals surface area contributed by atoms with Crippen molar-refractivity contribution in [3.63, 3.8) is 0 Å². The molecule has 0 spiro atoms. The van der Waals surface area contributed by atoms with Gasteiger partial charge in [-0.1, -0.05) is 60.7 Å². The zero-order chi connectivity index (χ0) is 35.4. The average molecular weight is 715 g/mol. The number of ether oxygens (including phenoxy) is 1.